The minimum Gasteiger partial charge on any atom is -0.494 e. The Kier molecular flexibility index (Phi) is 9.86. The summed E-state index contributed by atoms with van der Waals surface area (Å²) in [7, 11) is 3.17. The van der Waals surface area contributed by atoms with Gasteiger partial charge in [0.05, 0.1) is 27.4 Å². The maximum Gasteiger partial charge on any atom is 0.219 e. The highest BCUT2D eigenvalue weighted by molar-refractivity contribution is 14.0. The maximum atomic E-state index is 6.02. The number of benzene rings is 2. The Balaban J connectivity index is 0.00000363. The summed E-state index contributed by atoms with van der Waals surface area (Å²) in [6.07, 6.45) is 1.67. The van der Waals surface area contributed by atoms with Gasteiger partial charge in [-0.15, -0.1) is 24.0 Å². The number of hydrogen-bond donors (Lipinski definition) is 2. The highest BCUT2D eigenvalue weighted by atomic mass is 127. The first kappa shape index (κ1) is 25.1. The number of ether oxygens (including phenoxy) is 4. The molecule has 0 aliphatic rings. The standard InChI is InChI=1S/C23H26N4O4.HI/c1-4-30-18-6-8-19(9-7-18)31-22-13-16(11-12-25-22)15-26-23(24)27-17-5-10-20(28-2)21(14-17)29-3;/h5-14H,4,15H2,1-3H3,(H3,24,26,27);1H. The molecule has 0 amide bonds. The molecule has 0 fully saturated rings. The second kappa shape index (κ2) is 12.6. The number of nitrogens with one attached hydrogen (secondary N) is 1. The molecule has 2 aromatic carbocycles. The zero-order valence-electron chi connectivity index (χ0n) is 18.2. The first-order valence-corrected chi connectivity index (χ1v) is 9.76. The average Bonchev–Trinajstić information content (AvgIpc) is 2.79. The second-order valence-electron chi connectivity index (χ2n) is 6.41. The van der Waals surface area contributed by atoms with Gasteiger partial charge in [-0.1, -0.05) is 0 Å². The van der Waals surface area contributed by atoms with Gasteiger partial charge in [0.25, 0.3) is 0 Å². The molecule has 0 bridgehead atoms. The largest absolute Gasteiger partial charge is 0.494 e. The molecule has 9 heteroatoms. The number of aliphatic imine (C=N–C) groups is 1. The monoisotopic (exact) mass is 550 g/mol. The van der Waals surface area contributed by atoms with Crippen LogP contribution in [0.1, 0.15) is 12.5 Å². The van der Waals surface area contributed by atoms with E-state index in [-0.39, 0.29) is 29.9 Å². The summed E-state index contributed by atoms with van der Waals surface area (Å²) in [6, 6.07) is 16.5. The molecule has 3 N–H and O–H groups in total. The van der Waals surface area contributed by atoms with E-state index in [0.29, 0.717) is 36.3 Å². The minimum atomic E-state index is 0. The zero-order valence-corrected chi connectivity index (χ0v) is 20.5. The van der Waals surface area contributed by atoms with Gasteiger partial charge < -0.3 is 30.0 Å². The number of nitrogens with two attached hydrogens (primary N) is 1. The second-order valence-corrected chi connectivity index (χ2v) is 6.41. The number of methoxy groups -OCH3 is 2. The van der Waals surface area contributed by atoms with Crippen LogP contribution in [0.3, 0.4) is 0 Å². The van der Waals surface area contributed by atoms with Crippen LogP contribution in [-0.4, -0.2) is 31.8 Å². The molecule has 0 radical (unpaired) electrons. The van der Waals surface area contributed by atoms with Crippen LogP contribution in [0.5, 0.6) is 28.9 Å². The van der Waals surface area contributed by atoms with E-state index in [4.69, 9.17) is 24.7 Å². The molecule has 8 nitrogen and oxygen atoms in total. The van der Waals surface area contributed by atoms with E-state index >= 15 is 0 Å². The van der Waals surface area contributed by atoms with Crippen molar-refractivity contribution in [3.8, 4) is 28.9 Å². The van der Waals surface area contributed by atoms with E-state index in [1.54, 1.807) is 32.5 Å². The highest BCUT2D eigenvalue weighted by Gasteiger charge is 2.06. The number of aromatic nitrogens is 1. The number of rotatable bonds is 9. The van der Waals surface area contributed by atoms with Crippen molar-refractivity contribution in [1.82, 2.24) is 4.98 Å². The van der Waals surface area contributed by atoms with Gasteiger partial charge >= 0.3 is 0 Å². The van der Waals surface area contributed by atoms with Gasteiger partial charge in [0.15, 0.2) is 17.5 Å². The summed E-state index contributed by atoms with van der Waals surface area (Å²) in [5.41, 5.74) is 7.68. The van der Waals surface area contributed by atoms with Crippen molar-refractivity contribution in [1.29, 1.82) is 0 Å². The van der Waals surface area contributed by atoms with Crippen LogP contribution in [0.15, 0.2) is 65.8 Å². The van der Waals surface area contributed by atoms with Crippen LogP contribution in [0.4, 0.5) is 5.69 Å². The van der Waals surface area contributed by atoms with Crippen LogP contribution in [0.2, 0.25) is 0 Å². The molecular formula is C23H27IN4O4. The predicted octanol–water partition coefficient (Wildman–Crippen LogP) is 4.83. The fourth-order valence-corrected chi connectivity index (χ4v) is 2.77. The zero-order chi connectivity index (χ0) is 22.1. The Bertz CT molecular complexity index is 1030. The summed E-state index contributed by atoms with van der Waals surface area (Å²) < 4.78 is 21.8. The van der Waals surface area contributed by atoms with Gasteiger partial charge in [0.2, 0.25) is 5.88 Å². The third kappa shape index (κ3) is 7.19. The Hall–Kier alpha value is -3.21. The van der Waals surface area contributed by atoms with Crippen molar-refractivity contribution in [3.05, 3.63) is 66.4 Å². The molecule has 0 saturated carbocycles. The van der Waals surface area contributed by atoms with Crippen LogP contribution in [0.25, 0.3) is 0 Å². The lowest BCUT2D eigenvalue weighted by Gasteiger charge is -2.11. The molecule has 0 saturated heterocycles. The molecule has 1 aromatic heterocycles. The lowest BCUT2D eigenvalue weighted by molar-refractivity contribution is 0.339. The molecule has 32 heavy (non-hydrogen) atoms. The van der Waals surface area contributed by atoms with Crippen molar-refractivity contribution in [2.24, 2.45) is 10.7 Å². The fraction of sp³-hybridized carbons (Fsp3) is 0.217. The van der Waals surface area contributed by atoms with Gasteiger partial charge in [-0.3, -0.25) is 0 Å². The minimum absolute atomic E-state index is 0. The summed E-state index contributed by atoms with van der Waals surface area (Å²) in [5, 5.41) is 3.04. The Morgan fingerprint density at radius 1 is 0.969 bits per heavy atom. The predicted molar refractivity (Wildman–Crippen MR) is 136 cm³/mol. The van der Waals surface area contributed by atoms with E-state index in [9.17, 15) is 0 Å². The van der Waals surface area contributed by atoms with E-state index in [1.165, 1.54) is 0 Å². The quantitative estimate of drug-likeness (QED) is 0.224. The third-order valence-corrected chi connectivity index (χ3v) is 4.24. The molecule has 0 unspecified atom stereocenters. The first-order chi connectivity index (χ1) is 15.1. The molecule has 0 aliphatic carbocycles. The van der Waals surface area contributed by atoms with Gasteiger partial charge in [-0.2, -0.15) is 0 Å². The van der Waals surface area contributed by atoms with E-state index in [0.717, 1.165) is 17.0 Å². The normalized spacial score (nSPS) is 10.7. The van der Waals surface area contributed by atoms with Crippen LogP contribution in [0, 0.1) is 0 Å². The third-order valence-electron chi connectivity index (χ3n) is 4.24. The molecule has 3 aromatic rings. The first-order valence-electron chi connectivity index (χ1n) is 9.76. The number of pyridine rings is 1. The van der Waals surface area contributed by atoms with Crippen LogP contribution >= 0.6 is 24.0 Å². The maximum absolute atomic E-state index is 6.02. The van der Waals surface area contributed by atoms with Crippen molar-refractivity contribution in [2.45, 2.75) is 13.5 Å². The van der Waals surface area contributed by atoms with Crippen molar-refractivity contribution >= 4 is 35.6 Å². The molecular weight excluding hydrogens is 523 g/mol. The fourth-order valence-electron chi connectivity index (χ4n) is 2.77. The van der Waals surface area contributed by atoms with Crippen molar-refractivity contribution in [3.63, 3.8) is 0 Å². The van der Waals surface area contributed by atoms with Crippen LogP contribution in [-0.2, 0) is 6.54 Å². The molecule has 3 rings (SSSR count). The summed E-state index contributed by atoms with van der Waals surface area (Å²) in [5.74, 6) is 3.46. The smallest absolute Gasteiger partial charge is 0.219 e. The summed E-state index contributed by atoms with van der Waals surface area (Å²) >= 11 is 0. The van der Waals surface area contributed by atoms with Gasteiger partial charge in [-0.05, 0) is 55.0 Å². The Morgan fingerprint density at radius 2 is 1.69 bits per heavy atom. The number of anilines is 1. The average molecular weight is 550 g/mol. The SMILES string of the molecule is CCOc1ccc(Oc2cc(CN=C(N)Nc3ccc(OC)c(OC)c3)ccn2)cc1.I. The Morgan fingerprint density at radius 3 is 2.38 bits per heavy atom. The molecule has 0 aliphatic heterocycles. The number of guanidine groups is 1. The highest BCUT2D eigenvalue weighted by Crippen LogP contribution is 2.29. The Labute approximate surface area is 204 Å². The summed E-state index contributed by atoms with van der Waals surface area (Å²) in [4.78, 5) is 8.63. The molecule has 170 valence electrons. The van der Waals surface area contributed by atoms with Gasteiger partial charge in [0, 0.05) is 24.0 Å². The number of halogens is 1. The number of nitrogens with zero attached hydrogens (tertiary/aromatic N) is 2. The molecule has 0 spiro atoms. The number of hydrogen-bond acceptors (Lipinski definition) is 6. The topological polar surface area (TPSA) is 100 Å². The van der Waals surface area contributed by atoms with Crippen LogP contribution < -0.4 is 30.0 Å². The summed E-state index contributed by atoms with van der Waals surface area (Å²) in [6.45, 7) is 2.93. The van der Waals surface area contributed by atoms with Crippen molar-refractivity contribution < 1.29 is 18.9 Å². The molecule has 0 atom stereocenters. The molecule has 1 heterocycles. The van der Waals surface area contributed by atoms with E-state index in [2.05, 4.69) is 15.3 Å². The van der Waals surface area contributed by atoms with Gasteiger partial charge in [0.1, 0.15) is 11.5 Å². The van der Waals surface area contributed by atoms with E-state index < -0.39 is 0 Å². The lowest BCUT2D eigenvalue weighted by Crippen LogP contribution is -2.22. The van der Waals surface area contributed by atoms with Crippen molar-refractivity contribution in [2.75, 3.05) is 26.1 Å². The van der Waals surface area contributed by atoms with Gasteiger partial charge in [-0.25, -0.2) is 9.98 Å². The lowest BCUT2D eigenvalue weighted by atomic mass is 10.2. The van der Waals surface area contributed by atoms with E-state index in [1.807, 2.05) is 49.4 Å².